The van der Waals surface area contributed by atoms with Crippen LogP contribution in [0.3, 0.4) is 0 Å². The SMILES string of the molecule is N#Cc1nc(-c2ccc(COc3ccc(Br)cc3)o2)oc1NC1CC1. The molecule has 0 bridgehead atoms. The summed E-state index contributed by atoms with van der Waals surface area (Å²) in [6.45, 7) is 0.292. The molecule has 0 unspecified atom stereocenters. The summed E-state index contributed by atoms with van der Waals surface area (Å²) >= 11 is 3.38. The lowest BCUT2D eigenvalue weighted by Gasteiger charge is -2.03. The van der Waals surface area contributed by atoms with Gasteiger partial charge in [-0.05, 0) is 49.2 Å². The highest BCUT2D eigenvalue weighted by atomic mass is 79.9. The average Bonchev–Trinajstić information content (AvgIpc) is 3.16. The van der Waals surface area contributed by atoms with E-state index in [1.54, 1.807) is 12.1 Å². The number of oxazole rings is 1. The smallest absolute Gasteiger partial charge is 0.266 e. The monoisotopic (exact) mass is 399 g/mol. The lowest BCUT2D eigenvalue weighted by atomic mass is 10.3. The van der Waals surface area contributed by atoms with E-state index in [-0.39, 0.29) is 11.6 Å². The molecule has 3 aromatic rings. The van der Waals surface area contributed by atoms with Crippen molar-refractivity contribution in [1.29, 1.82) is 5.26 Å². The first kappa shape index (κ1) is 15.8. The van der Waals surface area contributed by atoms with Gasteiger partial charge < -0.3 is 18.9 Å². The summed E-state index contributed by atoms with van der Waals surface area (Å²) < 4.78 is 18.0. The lowest BCUT2D eigenvalue weighted by molar-refractivity contribution is 0.271. The van der Waals surface area contributed by atoms with E-state index in [1.807, 2.05) is 30.3 Å². The minimum absolute atomic E-state index is 0.242. The van der Waals surface area contributed by atoms with Crippen molar-refractivity contribution in [1.82, 2.24) is 4.98 Å². The largest absolute Gasteiger partial charge is 0.486 e. The van der Waals surface area contributed by atoms with Crippen LogP contribution in [0, 0.1) is 11.3 Å². The van der Waals surface area contributed by atoms with E-state index in [0.717, 1.165) is 23.1 Å². The van der Waals surface area contributed by atoms with Crippen LogP contribution in [0.1, 0.15) is 24.3 Å². The zero-order chi connectivity index (χ0) is 17.2. The van der Waals surface area contributed by atoms with Gasteiger partial charge in [0.15, 0.2) is 5.76 Å². The Bertz CT molecular complexity index is 920. The Kier molecular flexibility index (Phi) is 4.20. The molecule has 1 N–H and O–H groups in total. The molecule has 1 saturated carbocycles. The summed E-state index contributed by atoms with van der Waals surface area (Å²) in [5.74, 6) is 2.56. The molecule has 0 saturated heterocycles. The van der Waals surface area contributed by atoms with Crippen LogP contribution < -0.4 is 10.1 Å². The predicted octanol–water partition coefficient (Wildman–Crippen LogP) is 4.72. The van der Waals surface area contributed by atoms with Gasteiger partial charge in [0.1, 0.15) is 24.2 Å². The van der Waals surface area contributed by atoms with Gasteiger partial charge in [-0.3, -0.25) is 0 Å². The van der Waals surface area contributed by atoms with Crippen molar-refractivity contribution in [3.63, 3.8) is 0 Å². The maximum absolute atomic E-state index is 9.18. The number of ether oxygens (including phenoxy) is 1. The van der Waals surface area contributed by atoms with Gasteiger partial charge in [0.25, 0.3) is 5.89 Å². The first-order chi connectivity index (χ1) is 12.2. The van der Waals surface area contributed by atoms with Crippen LogP contribution >= 0.6 is 15.9 Å². The molecule has 0 amide bonds. The van der Waals surface area contributed by atoms with Gasteiger partial charge >= 0.3 is 0 Å². The molecule has 0 atom stereocenters. The number of benzene rings is 1. The Morgan fingerprint density at radius 2 is 2.00 bits per heavy atom. The van der Waals surface area contributed by atoms with Crippen LogP contribution in [0.5, 0.6) is 5.75 Å². The Hall–Kier alpha value is -2.72. The zero-order valence-corrected chi connectivity index (χ0v) is 14.7. The number of aromatic nitrogens is 1. The molecule has 2 heterocycles. The third-order valence-electron chi connectivity index (χ3n) is 3.71. The third-order valence-corrected chi connectivity index (χ3v) is 4.24. The fourth-order valence-electron chi connectivity index (χ4n) is 2.27. The van der Waals surface area contributed by atoms with Crippen LogP contribution in [0.25, 0.3) is 11.7 Å². The lowest BCUT2D eigenvalue weighted by Crippen LogP contribution is -2.00. The topological polar surface area (TPSA) is 84.2 Å². The van der Waals surface area contributed by atoms with Gasteiger partial charge in [-0.1, -0.05) is 15.9 Å². The third kappa shape index (κ3) is 3.69. The number of nitriles is 1. The number of hydrogen-bond donors (Lipinski definition) is 1. The number of halogens is 1. The summed E-state index contributed by atoms with van der Waals surface area (Å²) in [5.41, 5.74) is 0.242. The minimum Gasteiger partial charge on any atom is -0.486 e. The Balaban J connectivity index is 1.46. The minimum atomic E-state index is 0.242. The second kappa shape index (κ2) is 6.65. The predicted molar refractivity (Wildman–Crippen MR) is 94.0 cm³/mol. The molecule has 25 heavy (non-hydrogen) atoms. The van der Waals surface area contributed by atoms with Crippen LogP contribution in [0.15, 0.2) is 49.7 Å². The van der Waals surface area contributed by atoms with Crippen molar-refractivity contribution in [2.45, 2.75) is 25.5 Å². The van der Waals surface area contributed by atoms with Crippen molar-refractivity contribution >= 4 is 21.8 Å². The maximum Gasteiger partial charge on any atom is 0.266 e. The first-order valence-corrected chi connectivity index (χ1v) is 8.65. The quantitative estimate of drug-likeness (QED) is 0.645. The Morgan fingerprint density at radius 1 is 1.20 bits per heavy atom. The van der Waals surface area contributed by atoms with Crippen molar-refractivity contribution in [3.8, 4) is 23.5 Å². The van der Waals surface area contributed by atoms with Crippen molar-refractivity contribution in [2.24, 2.45) is 0 Å². The van der Waals surface area contributed by atoms with Gasteiger partial charge in [-0.15, -0.1) is 0 Å². The van der Waals surface area contributed by atoms with Crippen LogP contribution in [0.4, 0.5) is 5.88 Å². The van der Waals surface area contributed by atoms with E-state index in [9.17, 15) is 5.26 Å². The molecular weight excluding hydrogens is 386 g/mol. The molecule has 126 valence electrons. The molecule has 0 radical (unpaired) electrons. The molecule has 7 heteroatoms. The molecular formula is C18H14BrN3O3. The van der Waals surface area contributed by atoms with E-state index in [0.29, 0.717) is 30.1 Å². The second-order valence-corrected chi connectivity index (χ2v) is 6.65. The number of nitrogens with zero attached hydrogens (tertiary/aromatic N) is 2. The van der Waals surface area contributed by atoms with E-state index < -0.39 is 0 Å². The maximum atomic E-state index is 9.18. The van der Waals surface area contributed by atoms with E-state index in [1.165, 1.54) is 0 Å². The van der Waals surface area contributed by atoms with Crippen molar-refractivity contribution in [2.75, 3.05) is 5.32 Å². The molecule has 1 aromatic carbocycles. The summed E-state index contributed by atoms with van der Waals surface area (Å²) in [6.07, 6.45) is 2.17. The van der Waals surface area contributed by atoms with Crippen molar-refractivity contribution < 1.29 is 13.6 Å². The van der Waals surface area contributed by atoms with Gasteiger partial charge in [-0.25, -0.2) is 0 Å². The number of rotatable bonds is 6. The molecule has 1 aliphatic rings. The molecule has 0 spiro atoms. The van der Waals surface area contributed by atoms with E-state index >= 15 is 0 Å². The highest BCUT2D eigenvalue weighted by molar-refractivity contribution is 9.10. The van der Waals surface area contributed by atoms with Crippen molar-refractivity contribution in [3.05, 3.63) is 52.3 Å². The molecule has 0 aliphatic heterocycles. The fourth-order valence-corrected chi connectivity index (χ4v) is 2.53. The summed E-state index contributed by atoms with van der Waals surface area (Å²) in [4.78, 5) is 4.19. The first-order valence-electron chi connectivity index (χ1n) is 7.86. The Morgan fingerprint density at radius 3 is 2.72 bits per heavy atom. The van der Waals surface area contributed by atoms with E-state index in [2.05, 4.69) is 26.2 Å². The molecule has 4 rings (SSSR count). The number of hydrogen-bond acceptors (Lipinski definition) is 6. The fraction of sp³-hybridized carbons (Fsp3) is 0.222. The van der Waals surface area contributed by atoms with E-state index in [4.69, 9.17) is 13.6 Å². The highest BCUT2D eigenvalue weighted by Gasteiger charge is 2.25. The zero-order valence-electron chi connectivity index (χ0n) is 13.2. The summed E-state index contributed by atoms with van der Waals surface area (Å²) in [5, 5.41) is 12.3. The van der Waals surface area contributed by atoms with Crippen LogP contribution in [-0.2, 0) is 6.61 Å². The number of anilines is 1. The van der Waals surface area contributed by atoms with Gasteiger partial charge in [0.05, 0.1) is 0 Å². The van der Waals surface area contributed by atoms with Crippen LogP contribution in [-0.4, -0.2) is 11.0 Å². The Labute approximate surface area is 152 Å². The van der Waals surface area contributed by atoms with Gasteiger partial charge in [0.2, 0.25) is 11.6 Å². The molecule has 1 fully saturated rings. The molecule has 1 aliphatic carbocycles. The molecule has 2 aromatic heterocycles. The van der Waals surface area contributed by atoms with Gasteiger partial charge in [0, 0.05) is 10.5 Å². The number of nitrogens with one attached hydrogen (secondary N) is 1. The highest BCUT2D eigenvalue weighted by Crippen LogP contribution is 2.31. The second-order valence-electron chi connectivity index (χ2n) is 5.74. The van der Waals surface area contributed by atoms with Gasteiger partial charge in [-0.2, -0.15) is 10.2 Å². The average molecular weight is 400 g/mol. The summed E-state index contributed by atoms with van der Waals surface area (Å²) in [7, 11) is 0. The normalized spacial score (nSPS) is 13.4. The summed E-state index contributed by atoms with van der Waals surface area (Å²) in [6, 6.07) is 13.5. The van der Waals surface area contributed by atoms with Crippen LogP contribution in [0.2, 0.25) is 0 Å². The number of furan rings is 1. The molecule has 6 nitrogen and oxygen atoms in total. The standard InChI is InChI=1S/C18H14BrN3O3/c19-11-1-5-13(6-2-11)23-10-14-7-8-16(24-14)18-22-15(9-20)17(25-18)21-12-3-4-12/h1-2,5-8,12,21H,3-4,10H2.